The van der Waals surface area contributed by atoms with Gasteiger partial charge in [-0.2, -0.15) is 0 Å². The van der Waals surface area contributed by atoms with Crippen molar-refractivity contribution < 1.29 is 19.4 Å². The number of hydrogen-bond donors (Lipinski definition) is 2. The second kappa shape index (κ2) is 6.16. The van der Waals surface area contributed by atoms with Crippen LogP contribution in [0.15, 0.2) is 24.3 Å². The van der Waals surface area contributed by atoms with Gasteiger partial charge < -0.3 is 15.2 Å². The van der Waals surface area contributed by atoms with Gasteiger partial charge in [-0.05, 0) is 50.3 Å². The molecule has 0 spiro atoms. The van der Waals surface area contributed by atoms with Gasteiger partial charge in [0.25, 0.3) is 0 Å². The van der Waals surface area contributed by atoms with Crippen LogP contribution in [0.1, 0.15) is 31.7 Å². The van der Waals surface area contributed by atoms with E-state index < -0.39 is 11.4 Å². The van der Waals surface area contributed by atoms with E-state index in [1.54, 1.807) is 7.11 Å². The number of amides is 1. The van der Waals surface area contributed by atoms with Crippen molar-refractivity contribution in [2.45, 2.75) is 38.6 Å². The number of carbonyl (C=O) groups is 2. The summed E-state index contributed by atoms with van der Waals surface area (Å²) < 4.78 is 5.10. The Morgan fingerprint density at radius 1 is 1.33 bits per heavy atom. The van der Waals surface area contributed by atoms with Gasteiger partial charge in [-0.25, -0.2) is 0 Å². The summed E-state index contributed by atoms with van der Waals surface area (Å²) >= 11 is 0. The second-order valence-electron chi connectivity index (χ2n) is 5.65. The normalized spacial score (nSPS) is 16.9. The molecule has 1 saturated carbocycles. The second-order valence-corrected chi connectivity index (χ2v) is 5.65. The maximum absolute atomic E-state index is 12.0. The number of carboxylic acids is 1. The van der Waals surface area contributed by atoms with Crippen molar-refractivity contribution in [1.82, 2.24) is 5.32 Å². The zero-order valence-corrected chi connectivity index (χ0v) is 12.4. The van der Waals surface area contributed by atoms with Gasteiger partial charge in [-0.15, -0.1) is 0 Å². The average Bonchev–Trinajstić information content (AvgIpc) is 3.27. The van der Waals surface area contributed by atoms with E-state index in [9.17, 15) is 9.59 Å². The summed E-state index contributed by atoms with van der Waals surface area (Å²) in [4.78, 5) is 23.0. The van der Waals surface area contributed by atoms with Crippen LogP contribution in [-0.4, -0.2) is 30.1 Å². The lowest BCUT2D eigenvalue weighted by molar-refractivity contribution is -0.149. The van der Waals surface area contributed by atoms with E-state index in [2.05, 4.69) is 5.32 Å². The summed E-state index contributed by atoms with van der Waals surface area (Å²) in [5.74, 6) is -0.545. The standard InChI is InChI=1S/C16H21NO4/c1-11(17-14(18)16(9-10-16)15(19)20)3-4-12-5-7-13(21-2)8-6-12/h5-8,11H,3-4,9-10H2,1-2H3,(H,17,18)(H,19,20). The molecule has 1 amide bonds. The largest absolute Gasteiger partial charge is 0.497 e. The Hall–Kier alpha value is -2.04. The number of rotatable bonds is 7. The highest BCUT2D eigenvalue weighted by Gasteiger charge is 2.57. The average molecular weight is 291 g/mol. The Balaban J connectivity index is 1.80. The fourth-order valence-electron chi connectivity index (χ4n) is 2.27. The maximum Gasteiger partial charge on any atom is 0.319 e. The van der Waals surface area contributed by atoms with Gasteiger partial charge in [-0.1, -0.05) is 12.1 Å². The van der Waals surface area contributed by atoms with E-state index in [0.29, 0.717) is 12.8 Å². The Morgan fingerprint density at radius 2 is 1.95 bits per heavy atom. The minimum absolute atomic E-state index is 0.0450. The topological polar surface area (TPSA) is 75.6 Å². The Kier molecular flexibility index (Phi) is 4.50. The molecule has 1 aliphatic carbocycles. The van der Waals surface area contributed by atoms with Crippen molar-refractivity contribution in [1.29, 1.82) is 0 Å². The zero-order valence-electron chi connectivity index (χ0n) is 12.4. The van der Waals surface area contributed by atoms with E-state index in [4.69, 9.17) is 9.84 Å². The van der Waals surface area contributed by atoms with E-state index in [1.807, 2.05) is 31.2 Å². The van der Waals surface area contributed by atoms with Crippen molar-refractivity contribution in [2.24, 2.45) is 5.41 Å². The van der Waals surface area contributed by atoms with Crippen molar-refractivity contribution in [2.75, 3.05) is 7.11 Å². The van der Waals surface area contributed by atoms with E-state index in [0.717, 1.165) is 24.2 Å². The van der Waals surface area contributed by atoms with E-state index >= 15 is 0 Å². The molecule has 1 atom stereocenters. The maximum atomic E-state index is 12.0. The molecule has 2 N–H and O–H groups in total. The Morgan fingerprint density at radius 3 is 2.43 bits per heavy atom. The van der Waals surface area contributed by atoms with Gasteiger partial charge in [0.15, 0.2) is 0 Å². The highest BCUT2D eigenvalue weighted by molar-refractivity contribution is 6.04. The third kappa shape index (κ3) is 3.54. The summed E-state index contributed by atoms with van der Waals surface area (Å²) in [6.07, 6.45) is 2.48. The van der Waals surface area contributed by atoms with Crippen LogP contribution < -0.4 is 10.1 Å². The van der Waals surface area contributed by atoms with Crippen LogP contribution in [0, 0.1) is 5.41 Å². The molecule has 1 aromatic rings. The first-order valence-electron chi connectivity index (χ1n) is 7.15. The molecule has 21 heavy (non-hydrogen) atoms. The third-order valence-electron chi connectivity index (χ3n) is 4.00. The predicted octanol–water partition coefficient (Wildman–Crippen LogP) is 2.00. The summed E-state index contributed by atoms with van der Waals surface area (Å²) in [6.45, 7) is 1.90. The number of aliphatic carboxylic acids is 1. The van der Waals surface area contributed by atoms with Crippen LogP contribution in [0.25, 0.3) is 0 Å². The number of methoxy groups -OCH3 is 1. The fraction of sp³-hybridized carbons (Fsp3) is 0.500. The summed E-state index contributed by atoms with van der Waals surface area (Å²) in [7, 11) is 1.63. The molecule has 1 fully saturated rings. The van der Waals surface area contributed by atoms with E-state index in [-0.39, 0.29) is 11.9 Å². The van der Waals surface area contributed by atoms with Gasteiger partial charge in [0.2, 0.25) is 5.91 Å². The van der Waals surface area contributed by atoms with Crippen LogP contribution in [0.3, 0.4) is 0 Å². The van der Waals surface area contributed by atoms with Crippen molar-refractivity contribution in [3.8, 4) is 5.75 Å². The first-order chi connectivity index (χ1) is 9.98. The number of aryl methyl sites for hydroxylation is 1. The third-order valence-corrected chi connectivity index (χ3v) is 4.00. The number of benzene rings is 1. The monoisotopic (exact) mass is 291 g/mol. The molecule has 5 nitrogen and oxygen atoms in total. The Bertz CT molecular complexity index is 520. The molecule has 0 aromatic heterocycles. The minimum Gasteiger partial charge on any atom is -0.497 e. The molecule has 5 heteroatoms. The van der Waals surface area contributed by atoms with E-state index in [1.165, 1.54) is 0 Å². The quantitative estimate of drug-likeness (QED) is 0.753. The molecular formula is C16H21NO4. The summed E-state index contributed by atoms with van der Waals surface area (Å²) in [5.41, 5.74) is 0.00485. The molecule has 0 aliphatic heterocycles. The lowest BCUT2D eigenvalue weighted by Gasteiger charge is -2.17. The van der Waals surface area contributed by atoms with Crippen molar-refractivity contribution in [3.63, 3.8) is 0 Å². The molecule has 114 valence electrons. The van der Waals surface area contributed by atoms with Gasteiger partial charge in [0.1, 0.15) is 11.2 Å². The summed E-state index contributed by atoms with van der Waals surface area (Å²) in [6, 6.07) is 7.75. The lowest BCUT2D eigenvalue weighted by Crippen LogP contribution is -2.41. The molecule has 1 aromatic carbocycles. The number of ether oxygens (including phenoxy) is 1. The highest BCUT2D eigenvalue weighted by Crippen LogP contribution is 2.46. The molecule has 0 saturated heterocycles. The summed E-state index contributed by atoms with van der Waals surface area (Å²) in [5, 5.41) is 11.9. The fourth-order valence-corrected chi connectivity index (χ4v) is 2.27. The number of carboxylic acid groups (broad SMARTS) is 1. The van der Waals surface area contributed by atoms with Crippen LogP contribution >= 0.6 is 0 Å². The van der Waals surface area contributed by atoms with Gasteiger partial charge >= 0.3 is 5.97 Å². The molecule has 0 bridgehead atoms. The Labute approximate surface area is 124 Å². The molecule has 0 radical (unpaired) electrons. The SMILES string of the molecule is COc1ccc(CCC(C)NC(=O)C2(C(=O)O)CC2)cc1. The molecule has 1 unspecified atom stereocenters. The van der Waals surface area contributed by atoms with Crippen molar-refractivity contribution >= 4 is 11.9 Å². The van der Waals surface area contributed by atoms with Crippen LogP contribution in [0.2, 0.25) is 0 Å². The number of hydrogen-bond acceptors (Lipinski definition) is 3. The minimum atomic E-state index is -1.16. The van der Waals surface area contributed by atoms with Gasteiger partial charge in [0.05, 0.1) is 7.11 Å². The van der Waals surface area contributed by atoms with Crippen molar-refractivity contribution in [3.05, 3.63) is 29.8 Å². The lowest BCUT2D eigenvalue weighted by atomic mass is 10.0. The first-order valence-corrected chi connectivity index (χ1v) is 7.15. The molecule has 2 rings (SSSR count). The zero-order chi connectivity index (χ0) is 15.5. The van der Waals surface area contributed by atoms with Crippen LogP contribution in [-0.2, 0) is 16.0 Å². The van der Waals surface area contributed by atoms with Crippen LogP contribution in [0.4, 0.5) is 0 Å². The smallest absolute Gasteiger partial charge is 0.319 e. The van der Waals surface area contributed by atoms with Gasteiger partial charge in [0, 0.05) is 6.04 Å². The first kappa shape index (κ1) is 15.4. The molecule has 1 aliphatic rings. The van der Waals surface area contributed by atoms with Crippen LogP contribution in [0.5, 0.6) is 5.75 Å². The van der Waals surface area contributed by atoms with Gasteiger partial charge in [-0.3, -0.25) is 9.59 Å². The number of nitrogens with one attached hydrogen (secondary N) is 1. The number of carbonyl (C=O) groups excluding carboxylic acids is 1. The highest BCUT2D eigenvalue weighted by atomic mass is 16.5. The molecule has 0 heterocycles. The molecular weight excluding hydrogens is 270 g/mol. The predicted molar refractivity (Wildman–Crippen MR) is 78.2 cm³/mol.